The number of ether oxygens (including phenoxy) is 1. The minimum atomic E-state index is -4.38. The second kappa shape index (κ2) is 7.35. The number of aliphatic hydroxyl groups excluding tert-OH is 1. The molecule has 0 aliphatic heterocycles. The van der Waals surface area contributed by atoms with E-state index in [4.69, 9.17) is 10.5 Å². The van der Waals surface area contributed by atoms with E-state index in [-0.39, 0.29) is 18.6 Å². The van der Waals surface area contributed by atoms with Crippen molar-refractivity contribution in [1.82, 2.24) is 0 Å². The number of carbonyl (C=O) groups is 1. The molecule has 7 heteroatoms. The van der Waals surface area contributed by atoms with Gasteiger partial charge in [0, 0.05) is 12.0 Å². The summed E-state index contributed by atoms with van der Waals surface area (Å²) in [6.07, 6.45) is -5.14. The van der Waals surface area contributed by atoms with Crippen LogP contribution < -0.4 is 10.5 Å². The topological polar surface area (TPSA) is 72.6 Å². The van der Waals surface area contributed by atoms with Crippen molar-refractivity contribution in [1.29, 1.82) is 0 Å². The van der Waals surface area contributed by atoms with Gasteiger partial charge >= 0.3 is 6.18 Å². The van der Waals surface area contributed by atoms with E-state index < -0.39 is 23.8 Å². The zero-order valence-corrected chi connectivity index (χ0v) is 12.6. The van der Waals surface area contributed by atoms with Gasteiger partial charge in [-0.25, -0.2) is 0 Å². The second-order valence-corrected chi connectivity index (χ2v) is 5.26. The summed E-state index contributed by atoms with van der Waals surface area (Å²) in [6.45, 7) is -0.0662. The van der Waals surface area contributed by atoms with E-state index in [0.717, 1.165) is 12.1 Å². The maximum Gasteiger partial charge on any atom is 0.416 e. The average Bonchev–Trinajstić information content (AvgIpc) is 2.53. The van der Waals surface area contributed by atoms with Crippen LogP contribution in [-0.4, -0.2) is 23.7 Å². The standard InChI is InChI=1S/C17H16F3NO3/c18-17(19,20)13-6-4-11(5-7-13)8-14(22)10-24-15-3-1-2-12(9-15)16(21)23/h1-7,9,14,22H,8,10H2,(H2,21,23). The third-order valence-electron chi connectivity index (χ3n) is 3.31. The van der Waals surface area contributed by atoms with Gasteiger partial charge in [-0.05, 0) is 35.9 Å². The maximum absolute atomic E-state index is 12.5. The van der Waals surface area contributed by atoms with E-state index in [1.165, 1.54) is 24.3 Å². The van der Waals surface area contributed by atoms with Crippen molar-refractivity contribution in [2.24, 2.45) is 5.73 Å². The fourth-order valence-corrected chi connectivity index (χ4v) is 2.09. The Morgan fingerprint density at radius 3 is 2.42 bits per heavy atom. The molecule has 0 aromatic heterocycles. The number of primary amides is 1. The van der Waals surface area contributed by atoms with E-state index in [1.807, 2.05) is 0 Å². The molecule has 0 aliphatic carbocycles. The normalized spacial score (nSPS) is 12.7. The number of nitrogens with two attached hydrogens (primary N) is 1. The summed E-state index contributed by atoms with van der Waals surface area (Å²) in [7, 11) is 0. The van der Waals surface area contributed by atoms with Crippen LogP contribution in [-0.2, 0) is 12.6 Å². The van der Waals surface area contributed by atoms with Crippen LogP contribution in [0.4, 0.5) is 13.2 Å². The van der Waals surface area contributed by atoms with Crippen molar-refractivity contribution < 1.29 is 27.8 Å². The molecular formula is C17H16F3NO3. The lowest BCUT2D eigenvalue weighted by Gasteiger charge is -2.13. The molecule has 0 saturated heterocycles. The summed E-state index contributed by atoms with van der Waals surface area (Å²) in [4.78, 5) is 11.1. The first-order chi connectivity index (χ1) is 11.3. The molecule has 2 rings (SSSR count). The fourth-order valence-electron chi connectivity index (χ4n) is 2.09. The Kier molecular flexibility index (Phi) is 5.46. The number of halogens is 3. The molecule has 0 spiro atoms. The molecule has 2 aromatic carbocycles. The number of alkyl halides is 3. The Bertz CT molecular complexity index is 699. The molecule has 0 bridgehead atoms. The van der Waals surface area contributed by atoms with Crippen molar-refractivity contribution in [3.05, 3.63) is 65.2 Å². The average molecular weight is 339 g/mol. The van der Waals surface area contributed by atoms with Crippen molar-refractivity contribution in [2.45, 2.75) is 18.7 Å². The summed E-state index contributed by atoms with van der Waals surface area (Å²) in [5.41, 5.74) is 5.27. The number of benzene rings is 2. The van der Waals surface area contributed by atoms with E-state index in [9.17, 15) is 23.1 Å². The molecule has 1 unspecified atom stereocenters. The second-order valence-electron chi connectivity index (χ2n) is 5.26. The van der Waals surface area contributed by atoms with Gasteiger partial charge in [0.2, 0.25) is 5.91 Å². The van der Waals surface area contributed by atoms with Crippen LogP contribution in [0.15, 0.2) is 48.5 Å². The van der Waals surface area contributed by atoms with Crippen LogP contribution in [0.2, 0.25) is 0 Å². The van der Waals surface area contributed by atoms with Crippen LogP contribution in [0.3, 0.4) is 0 Å². The third-order valence-corrected chi connectivity index (χ3v) is 3.31. The molecule has 4 nitrogen and oxygen atoms in total. The molecule has 1 amide bonds. The zero-order valence-electron chi connectivity index (χ0n) is 12.6. The molecule has 3 N–H and O–H groups in total. The molecule has 24 heavy (non-hydrogen) atoms. The summed E-state index contributed by atoms with van der Waals surface area (Å²) in [5, 5.41) is 9.93. The molecule has 2 aromatic rings. The van der Waals surface area contributed by atoms with Crippen molar-refractivity contribution in [3.8, 4) is 5.75 Å². The lowest BCUT2D eigenvalue weighted by atomic mass is 10.1. The van der Waals surface area contributed by atoms with Crippen LogP contribution in [0.1, 0.15) is 21.5 Å². The van der Waals surface area contributed by atoms with Crippen LogP contribution in [0.25, 0.3) is 0 Å². The largest absolute Gasteiger partial charge is 0.491 e. The highest BCUT2D eigenvalue weighted by Gasteiger charge is 2.29. The molecule has 0 fully saturated rings. The maximum atomic E-state index is 12.5. The van der Waals surface area contributed by atoms with Gasteiger partial charge in [0.1, 0.15) is 12.4 Å². The van der Waals surface area contributed by atoms with Gasteiger partial charge < -0.3 is 15.6 Å². The highest BCUT2D eigenvalue weighted by Crippen LogP contribution is 2.29. The highest BCUT2D eigenvalue weighted by molar-refractivity contribution is 5.93. The molecule has 1 atom stereocenters. The van der Waals surface area contributed by atoms with Gasteiger partial charge in [-0.1, -0.05) is 18.2 Å². The number of rotatable bonds is 6. The number of aliphatic hydroxyl groups is 1. The number of carbonyl (C=O) groups excluding carboxylic acids is 1. The van der Waals surface area contributed by atoms with Gasteiger partial charge in [0.15, 0.2) is 0 Å². The van der Waals surface area contributed by atoms with Gasteiger partial charge in [-0.2, -0.15) is 13.2 Å². The van der Waals surface area contributed by atoms with Crippen LogP contribution >= 0.6 is 0 Å². The summed E-state index contributed by atoms with van der Waals surface area (Å²) < 4.78 is 42.8. The predicted molar refractivity (Wildman–Crippen MR) is 81.6 cm³/mol. The van der Waals surface area contributed by atoms with Crippen molar-refractivity contribution in [3.63, 3.8) is 0 Å². The van der Waals surface area contributed by atoms with E-state index in [2.05, 4.69) is 0 Å². The molecule has 0 radical (unpaired) electrons. The monoisotopic (exact) mass is 339 g/mol. The number of hydrogen-bond donors (Lipinski definition) is 2. The van der Waals surface area contributed by atoms with Gasteiger partial charge in [-0.3, -0.25) is 4.79 Å². The Labute approximate surface area is 136 Å². The van der Waals surface area contributed by atoms with Crippen molar-refractivity contribution in [2.75, 3.05) is 6.61 Å². The van der Waals surface area contributed by atoms with Gasteiger partial charge in [0.25, 0.3) is 0 Å². The van der Waals surface area contributed by atoms with Gasteiger partial charge in [-0.15, -0.1) is 0 Å². The lowest BCUT2D eigenvalue weighted by Crippen LogP contribution is -2.20. The number of amides is 1. The van der Waals surface area contributed by atoms with Crippen molar-refractivity contribution >= 4 is 5.91 Å². The first-order valence-corrected chi connectivity index (χ1v) is 7.12. The molecule has 0 saturated carbocycles. The third kappa shape index (κ3) is 4.99. The van der Waals surface area contributed by atoms with E-state index in [0.29, 0.717) is 11.3 Å². The zero-order chi connectivity index (χ0) is 17.7. The Morgan fingerprint density at radius 1 is 1.17 bits per heavy atom. The van der Waals surface area contributed by atoms with Crippen LogP contribution in [0, 0.1) is 0 Å². The quantitative estimate of drug-likeness (QED) is 0.850. The first-order valence-electron chi connectivity index (χ1n) is 7.12. The molecular weight excluding hydrogens is 323 g/mol. The van der Waals surface area contributed by atoms with Gasteiger partial charge in [0.05, 0.1) is 11.7 Å². The smallest absolute Gasteiger partial charge is 0.416 e. The summed E-state index contributed by atoms with van der Waals surface area (Å²) >= 11 is 0. The first kappa shape index (κ1) is 17.8. The van der Waals surface area contributed by atoms with E-state index in [1.54, 1.807) is 12.1 Å². The molecule has 128 valence electrons. The highest BCUT2D eigenvalue weighted by atomic mass is 19.4. The van der Waals surface area contributed by atoms with E-state index >= 15 is 0 Å². The molecule has 0 heterocycles. The molecule has 0 aliphatic rings. The SMILES string of the molecule is NC(=O)c1cccc(OCC(O)Cc2ccc(C(F)(F)F)cc2)c1. The van der Waals surface area contributed by atoms with Crippen LogP contribution in [0.5, 0.6) is 5.75 Å². The predicted octanol–water partition coefficient (Wildman–Crippen LogP) is 2.79. The fraction of sp³-hybridized carbons (Fsp3) is 0.235. The Morgan fingerprint density at radius 2 is 1.83 bits per heavy atom. The minimum absolute atomic E-state index is 0.0662. The Hall–Kier alpha value is -2.54. The Balaban J connectivity index is 1.90. The minimum Gasteiger partial charge on any atom is -0.491 e. The number of hydrogen-bond acceptors (Lipinski definition) is 3. The summed E-state index contributed by atoms with van der Waals surface area (Å²) in [6, 6.07) is 10.8. The summed E-state index contributed by atoms with van der Waals surface area (Å²) in [5.74, 6) is -0.219. The lowest BCUT2D eigenvalue weighted by molar-refractivity contribution is -0.137.